The van der Waals surface area contributed by atoms with Crippen molar-refractivity contribution in [2.45, 2.75) is 0 Å². The van der Waals surface area contributed by atoms with Gasteiger partial charge in [-0.1, -0.05) is 0 Å². The summed E-state index contributed by atoms with van der Waals surface area (Å²) in [5.41, 5.74) is 0. The van der Waals surface area contributed by atoms with Gasteiger partial charge in [-0.05, 0) is 0 Å². The van der Waals surface area contributed by atoms with Crippen LogP contribution in [0.25, 0.3) is 0 Å². The number of hydrogen-bond donors (Lipinski definition) is 2. The van der Waals surface area contributed by atoms with Gasteiger partial charge in [0.25, 0.3) is 0 Å². The average molecular weight is 239 g/mol. The molecule has 0 aromatic rings. The topological polar surface area (TPSA) is 66.8 Å². The SMILES string of the molecule is O=P(O)(O)O[SiH3].[SiH3]Br. The van der Waals surface area contributed by atoms with Gasteiger partial charge in [0.05, 0.1) is 8.86 Å². The molecule has 0 heterocycles. The maximum Gasteiger partial charge on any atom is 0.458 e. The minimum Gasteiger partial charge on any atom is -0.342 e. The first-order chi connectivity index (χ1) is 3.56. The molecule has 0 aromatic heterocycles. The molecule has 0 atom stereocenters. The Morgan fingerprint density at radius 2 is 1.62 bits per heavy atom. The van der Waals surface area contributed by atoms with Crippen LogP contribution >= 0.6 is 23.1 Å². The van der Waals surface area contributed by atoms with E-state index in [2.05, 4.69) is 19.5 Å². The normalized spacial score (nSPS) is 10.4. The molecule has 0 saturated carbocycles. The molecule has 0 aliphatic heterocycles. The van der Waals surface area contributed by atoms with Crippen LogP contribution in [0.15, 0.2) is 0 Å². The monoisotopic (exact) mass is 238 g/mol. The van der Waals surface area contributed by atoms with Crippen molar-refractivity contribution in [3.8, 4) is 0 Å². The third-order valence-corrected chi connectivity index (χ3v) is 2.14. The highest BCUT2D eigenvalue weighted by atomic mass is 79.9. The maximum absolute atomic E-state index is 9.51. The summed E-state index contributed by atoms with van der Waals surface area (Å²) in [6.07, 6.45) is 0. The van der Waals surface area contributed by atoms with E-state index in [0.29, 0.717) is 0 Å². The molecule has 0 rings (SSSR count). The average Bonchev–Trinajstić information content (AvgIpc) is 1.71. The lowest BCUT2D eigenvalue weighted by Gasteiger charge is -1.94. The molecule has 0 aliphatic carbocycles. The summed E-state index contributed by atoms with van der Waals surface area (Å²) in [6, 6.07) is 0. The van der Waals surface area contributed by atoms with Gasteiger partial charge in [-0.2, -0.15) is 0 Å². The zero-order chi connectivity index (χ0) is 7.21. The third kappa shape index (κ3) is 15.7. The van der Waals surface area contributed by atoms with Crippen LogP contribution in [0.2, 0.25) is 0 Å². The van der Waals surface area contributed by atoms with E-state index in [1.165, 1.54) is 0 Å². The molecule has 0 radical (unpaired) electrons. The second-order valence-electron chi connectivity index (χ2n) is 0.673. The predicted molar refractivity (Wildman–Crippen MR) is 41.9 cm³/mol. The van der Waals surface area contributed by atoms with Crippen LogP contribution in [-0.4, -0.2) is 29.1 Å². The minimum absolute atomic E-state index is 0.0849. The van der Waals surface area contributed by atoms with Gasteiger partial charge in [0, 0.05) is 0 Å². The molecule has 4 nitrogen and oxygen atoms in total. The largest absolute Gasteiger partial charge is 0.458 e. The van der Waals surface area contributed by atoms with Gasteiger partial charge in [0.15, 0.2) is 10.5 Å². The van der Waals surface area contributed by atoms with Crippen LogP contribution < -0.4 is 0 Å². The molecule has 0 saturated heterocycles. The first kappa shape index (κ1) is 11.8. The van der Waals surface area contributed by atoms with E-state index in [-0.39, 0.29) is 10.5 Å². The molecule has 0 spiro atoms. The molecule has 52 valence electrons. The molecule has 8 heteroatoms. The third-order valence-electron chi connectivity index (χ3n) is 0.238. The molecule has 0 aliphatic rings. The van der Waals surface area contributed by atoms with E-state index >= 15 is 0 Å². The van der Waals surface area contributed by atoms with Crippen LogP contribution in [0, 0.1) is 0 Å². The van der Waals surface area contributed by atoms with Crippen LogP contribution in [-0.2, 0) is 8.78 Å². The zero-order valence-electron chi connectivity index (χ0n) is 4.54. The molecule has 0 unspecified atom stereocenters. The zero-order valence-corrected chi connectivity index (χ0v) is 11.0. The summed E-state index contributed by atoms with van der Waals surface area (Å²) in [4.78, 5) is 15.5. The lowest BCUT2D eigenvalue weighted by molar-refractivity contribution is 0.292. The van der Waals surface area contributed by atoms with Gasteiger partial charge in [-0.15, -0.1) is 15.3 Å². The van der Waals surface area contributed by atoms with Gasteiger partial charge in [-0.25, -0.2) is 4.57 Å². The molecule has 0 amide bonds. The quantitative estimate of drug-likeness (QED) is 0.317. The molecular weight excluding hydrogens is 231 g/mol. The fourth-order valence-electron chi connectivity index (χ4n) is 0. The number of phosphoric acid groups is 1. The van der Waals surface area contributed by atoms with Crippen LogP contribution in [0.3, 0.4) is 0 Å². The highest BCUT2D eigenvalue weighted by molar-refractivity contribution is 9.22. The lowest BCUT2D eigenvalue weighted by Crippen LogP contribution is -1.78. The molecule has 0 fully saturated rings. The van der Waals surface area contributed by atoms with Crippen molar-refractivity contribution in [1.82, 2.24) is 0 Å². The van der Waals surface area contributed by atoms with Crippen molar-refractivity contribution >= 4 is 42.5 Å². The van der Waals surface area contributed by atoms with Crippen LogP contribution in [0.4, 0.5) is 0 Å². The summed E-state index contributed by atoms with van der Waals surface area (Å²) in [5, 5.41) is 0. The highest BCUT2D eigenvalue weighted by Crippen LogP contribution is 2.33. The Kier molecular flexibility index (Phi) is 9.05. The summed E-state index contributed by atoms with van der Waals surface area (Å²) in [5.74, 6) is 0. The van der Waals surface area contributed by atoms with Gasteiger partial charge < -0.3 is 14.0 Å². The summed E-state index contributed by atoms with van der Waals surface area (Å²) < 4.78 is 13.2. The van der Waals surface area contributed by atoms with E-state index in [1.54, 1.807) is 0 Å². The molecule has 2 N–H and O–H groups in total. The van der Waals surface area contributed by atoms with Crippen molar-refractivity contribution in [1.29, 1.82) is 0 Å². The number of halogens is 1. The lowest BCUT2D eigenvalue weighted by atomic mass is 15.7. The highest BCUT2D eigenvalue weighted by Gasteiger charge is 2.06. The Bertz CT molecular complexity index is 78.1. The minimum atomic E-state index is -4.08. The molecule has 0 aromatic carbocycles. The molecule has 0 bridgehead atoms. The van der Waals surface area contributed by atoms with E-state index in [1.807, 2.05) is 0 Å². The number of rotatable bonds is 1. The Labute approximate surface area is 61.4 Å². The Morgan fingerprint density at radius 3 is 1.62 bits per heavy atom. The van der Waals surface area contributed by atoms with Crippen molar-refractivity contribution in [3.05, 3.63) is 0 Å². The maximum atomic E-state index is 9.51. The fraction of sp³-hybridized carbons (Fsp3) is 0. The first-order valence-electron chi connectivity index (χ1n) is 1.55. The van der Waals surface area contributed by atoms with E-state index in [9.17, 15) is 4.57 Å². The van der Waals surface area contributed by atoms with Crippen molar-refractivity contribution in [3.63, 3.8) is 0 Å². The van der Waals surface area contributed by atoms with Gasteiger partial charge in [-0.3, -0.25) is 0 Å². The molecular formula is H8BrO4PSi2. The van der Waals surface area contributed by atoms with Crippen molar-refractivity contribution in [2.24, 2.45) is 0 Å². The van der Waals surface area contributed by atoms with E-state index in [4.69, 9.17) is 9.79 Å². The Hall–Kier alpha value is 1.02. The Balaban J connectivity index is 0. The van der Waals surface area contributed by atoms with Gasteiger partial charge in [0.2, 0.25) is 0 Å². The second-order valence-corrected chi connectivity index (χ2v) is 3.11. The summed E-state index contributed by atoms with van der Waals surface area (Å²) >= 11 is 3.08. The smallest absolute Gasteiger partial charge is 0.342 e. The molecule has 8 heavy (non-hydrogen) atoms. The Morgan fingerprint density at radius 1 is 1.50 bits per heavy atom. The van der Waals surface area contributed by atoms with Gasteiger partial charge >= 0.3 is 7.82 Å². The standard InChI is InChI=1S/BrH3Si.H5O4PSi/c1-2;1-5(2,3)4-6/h2H3;6H3,(H2,1,2,3). The fourth-order valence-corrected chi connectivity index (χ4v) is 0. The first-order valence-corrected chi connectivity index (χ1v) is 9.41. The van der Waals surface area contributed by atoms with Crippen LogP contribution in [0.1, 0.15) is 0 Å². The summed E-state index contributed by atoms with van der Waals surface area (Å²) in [7, 11) is -2.88. The summed E-state index contributed by atoms with van der Waals surface area (Å²) in [6.45, 7) is 0. The van der Waals surface area contributed by atoms with E-state index < -0.39 is 7.82 Å². The van der Waals surface area contributed by atoms with E-state index in [0.717, 1.165) is 8.86 Å². The van der Waals surface area contributed by atoms with Gasteiger partial charge in [0.1, 0.15) is 0 Å². The van der Waals surface area contributed by atoms with Crippen molar-refractivity contribution in [2.75, 3.05) is 0 Å². The van der Waals surface area contributed by atoms with Crippen LogP contribution in [0.5, 0.6) is 0 Å². The number of hydrogen-bond acceptors (Lipinski definition) is 2. The predicted octanol–water partition coefficient (Wildman–Crippen LogP) is -1.96. The second kappa shape index (κ2) is 6.15. The van der Waals surface area contributed by atoms with Crippen molar-refractivity contribution < 1.29 is 18.6 Å².